The molecular formula is C20H18ClN. The number of alkyl halides is 1. The number of aromatic nitrogens is 1. The molecule has 2 aromatic carbocycles. The summed E-state index contributed by atoms with van der Waals surface area (Å²) in [7, 11) is 0. The molecule has 0 aliphatic heterocycles. The Morgan fingerprint density at radius 3 is 2.32 bits per heavy atom. The molecular weight excluding hydrogens is 290 g/mol. The lowest BCUT2D eigenvalue weighted by Gasteiger charge is -2.17. The third-order valence-electron chi connectivity index (χ3n) is 3.90. The van der Waals surface area contributed by atoms with Gasteiger partial charge in [0.25, 0.3) is 0 Å². The van der Waals surface area contributed by atoms with Gasteiger partial charge in [0.15, 0.2) is 0 Å². The molecule has 22 heavy (non-hydrogen) atoms. The second-order valence-electron chi connectivity index (χ2n) is 5.55. The lowest BCUT2D eigenvalue weighted by Crippen LogP contribution is -1.97. The summed E-state index contributed by atoms with van der Waals surface area (Å²) in [6.45, 7) is 4.26. The maximum Gasteiger partial charge on any atom is 0.0842 e. The lowest BCUT2D eigenvalue weighted by atomic mass is 9.92. The zero-order valence-corrected chi connectivity index (χ0v) is 13.5. The average molecular weight is 308 g/mol. The molecule has 1 unspecified atom stereocenters. The van der Waals surface area contributed by atoms with Gasteiger partial charge in [-0.15, -0.1) is 11.6 Å². The number of benzene rings is 2. The first kappa shape index (κ1) is 14.8. The largest absolute Gasteiger partial charge is 0.265 e. The molecule has 0 N–H and O–H groups in total. The van der Waals surface area contributed by atoms with Gasteiger partial charge in [0.2, 0.25) is 0 Å². The van der Waals surface area contributed by atoms with Crippen LogP contribution in [0, 0.1) is 13.8 Å². The van der Waals surface area contributed by atoms with Crippen LogP contribution in [-0.2, 0) is 0 Å². The Labute approximate surface area is 136 Å². The van der Waals surface area contributed by atoms with E-state index in [0.29, 0.717) is 0 Å². The van der Waals surface area contributed by atoms with Gasteiger partial charge in [0.05, 0.1) is 5.38 Å². The van der Waals surface area contributed by atoms with E-state index in [1.54, 1.807) is 12.4 Å². The van der Waals surface area contributed by atoms with Crippen LogP contribution in [0.3, 0.4) is 0 Å². The van der Waals surface area contributed by atoms with Gasteiger partial charge in [-0.1, -0.05) is 48.0 Å². The molecule has 0 saturated heterocycles. The van der Waals surface area contributed by atoms with E-state index in [-0.39, 0.29) is 5.38 Å². The number of halogens is 1. The van der Waals surface area contributed by atoms with E-state index < -0.39 is 0 Å². The normalized spacial score (nSPS) is 12.1. The first-order valence-corrected chi connectivity index (χ1v) is 7.81. The van der Waals surface area contributed by atoms with Crippen molar-refractivity contribution < 1.29 is 0 Å². The van der Waals surface area contributed by atoms with Gasteiger partial charge in [-0.3, -0.25) is 4.98 Å². The highest BCUT2D eigenvalue weighted by atomic mass is 35.5. The summed E-state index contributed by atoms with van der Waals surface area (Å²) in [5, 5.41) is -0.181. The smallest absolute Gasteiger partial charge is 0.0842 e. The van der Waals surface area contributed by atoms with Gasteiger partial charge in [-0.05, 0) is 53.8 Å². The molecule has 0 aliphatic carbocycles. The third kappa shape index (κ3) is 2.90. The van der Waals surface area contributed by atoms with E-state index in [4.69, 9.17) is 11.6 Å². The summed E-state index contributed by atoms with van der Waals surface area (Å²) in [6, 6.07) is 18.8. The van der Waals surface area contributed by atoms with Crippen LogP contribution >= 0.6 is 11.6 Å². The molecule has 0 spiro atoms. The third-order valence-corrected chi connectivity index (χ3v) is 4.39. The SMILES string of the molecule is Cc1ccc(-c2ccccc2C(Cl)c2ccncc2)c(C)c1. The number of pyridine rings is 1. The fourth-order valence-electron chi connectivity index (χ4n) is 2.79. The van der Waals surface area contributed by atoms with E-state index in [1.807, 2.05) is 18.2 Å². The highest BCUT2D eigenvalue weighted by Gasteiger charge is 2.16. The molecule has 0 fully saturated rings. The van der Waals surface area contributed by atoms with Gasteiger partial charge >= 0.3 is 0 Å². The second-order valence-corrected chi connectivity index (χ2v) is 5.99. The minimum absolute atomic E-state index is 0.181. The molecule has 0 radical (unpaired) electrons. The number of rotatable bonds is 3. The van der Waals surface area contributed by atoms with Crippen LogP contribution in [0.1, 0.15) is 27.6 Å². The van der Waals surface area contributed by atoms with Crippen molar-refractivity contribution in [1.29, 1.82) is 0 Å². The number of hydrogen-bond donors (Lipinski definition) is 0. The molecule has 0 saturated carbocycles. The molecule has 1 atom stereocenters. The Bertz CT molecular complexity index is 781. The Morgan fingerprint density at radius 1 is 0.864 bits per heavy atom. The van der Waals surface area contributed by atoms with Crippen molar-refractivity contribution in [3.63, 3.8) is 0 Å². The number of hydrogen-bond acceptors (Lipinski definition) is 1. The first-order chi connectivity index (χ1) is 10.7. The summed E-state index contributed by atoms with van der Waals surface area (Å²) in [6.07, 6.45) is 3.56. The fourth-order valence-corrected chi connectivity index (χ4v) is 3.13. The minimum atomic E-state index is -0.181. The standard InChI is InChI=1S/C20H18ClN/c1-14-7-8-17(15(2)13-14)18-5-3-4-6-19(18)20(21)16-9-11-22-12-10-16/h3-13,20H,1-2H3. The van der Waals surface area contributed by atoms with Gasteiger partial charge in [-0.25, -0.2) is 0 Å². The van der Waals surface area contributed by atoms with Gasteiger partial charge in [-0.2, -0.15) is 0 Å². The number of nitrogens with zero attached hydrogens (tertiary/aromatic N) is 1. The highest BCUT2D eigenvalue weighted by Crippen LogP contribution is 2.37. The fraction of sp³-hybridized carbons (Fsp3) is 0.150. The average Bonchev–Trinajstić information content (AvgIpc) is 2.55. The summed E-state index contributed by atoms with van der Waals surface area (Å²) in [5.41, 5.74) is 7.16. The predicted octanol–water partition coefficient (Wildman–Crippen LogP) is 5.69. The van der Waals surface area contributed by atoms with Gasteiger partial charge < -0.3 is 0 Å². The molecule has 1 nitrogen and oxygen atoms in total. The Hall–Kier alpha value is -2.12. The molecule has 3 aromatic rings. The monoisotopic (exact) mass is 307 g/mol. The molecule has 2 heteroatoms. The van der Waals surface area contributed by atoms with E-state index in [2.05, 4.69) is 55.2 Å². The summed E-state index contributed by atoms with van der Waals surface area (Å²) in [4.78, 5) is 4.07. The molecule has 1 heterocycles. The summed E-state index contributed by atoms with van der Waals surface area (Å²) < 4.78 is 0. The Morgan fingerprint density at radius 2 is 1.59 bits per heavy atom. The van der Waals surface area contributed by atoms with E-state index in [1.165, 1.54) is 22.3 Å². The second kappa shape index (κ2) is 6.33. The van der Waals surface area contributed by atoms with E-state index >= 15 is 0 Å². The molecule has 0 aliphatic rings. The summed E-state index contributed by atoms with van der Waals surface area (Å²) >= 11 is 6.74. The van der Waals surface area contributed by atoms with Gasteiger partial charge in [0, 0.05) is 12.4 Å². The van der Waals surface area contributed by atoms with Crippen molar-refractivity contribution in [1.82, 2.24) is 4.98 Å². The van der Waals surface area contributed by atoms with Crippen LogP contribution in [-0.4, -0.2) is 4.98 Å². The minimum Gasteiger partial charge on any atom is -0.265 e. The van der Waals surface area contributed by atoms with Crippen molar-refractivity contribution in [3.8, 4) is 11.1 Å². The van der Waals surface area contributed by atoms with E-state index in [0.717, 1.165) is 11.1 Å². The van der Waals surface area contributed by atoms with Crippen LogP contribution in [0.2, 0.25) is 0 Å². The van der Waals surface area contributed by atoms with E-state index in [9.17, 15) is 0 Å². The van der Waals surface area contributed by atoms with Crippen LogP contribution in [0.25, 0.3) is 11.1 Å². The van der Waals surface area contributed by atoms with Crippen molar-refractivity contribution in [3.05, 3.63) is 89.2 Å². The molecule has 0 bridgehead atoms. The Kier molecular flexibility index (Phi) is 4.26. The van der Waals surface area contributed by atoms with Crippen LogP contribution in [0.15, 0.2) is 67.0 Å². The highest BCUT2D eigenvalue weighted by molar-refractivity contribution is 6.23. The summed E-state index contributed by atoms with van der Waals surface area (Å²) in [5.74, 6) is 0. The topological polar surface area (TPSA) is 12.9 Å². The maximum atomic E-state index is 6.74. The molecule has 0 amide bonds. The van der Waals surface area contributed by atoms with Crippen molar-refractivity contribution in [2.75, 3.05) is 0 Å². The van der Waals surface area contributed by atoms with Crippen molar-refractivity contribution in [2.24, 2.45) is 0 Å². The lowest BCUT2D eigenvalue weighted by molar-refractivity contribution is 1.12. The quantitative estimate of drug-likeness (QED) is 0.566. The number of aryl methyl sites for hydroxylation is 2. The first-order valence-electron chi connectivity index (χ1n) is 7.37. The predicted molar refractivity (Wildman–Crippen MR) is 93.3 cm³/mol. The van der Waals surface area contributed by atoms with Crippen molar-refractivity contribution >= 4 is 11.6 Å². The molecule has 3 rings (SSSR count). The van der Waals surface area contributed by atoms with Crippen LogP contribution < -0.4 is 0 Å². The zero-order chi connectivity index (χ0) is 15.5. The Balaban J connectivity index is 2.11. The van der Waals surface area contributed by atoms with Crippen LogP contribution in [0.4, 0.5) is 0 Å². The molecule has 1 aromatic heterocycles. The molecule has 110 valence electrons. The van der Waals surface area contributed by atoms with Crippen molar-refractivity contribution in [2.45, 2.75) is 19.2 Å². The zero-order valence-electron chi connectivity index (χ0n) is 12.8. The van der Waals surface area contributed by atoms with Crippen LogP contribution in [0.5, 0.6) is 0 Å². The maximum absolute atomic E-state index is 6.74. The van der Waals surface area contributed by atoms with Gasteiger partial charge in [0.1, 0.15) is 0 Å².